The lowest BCUT2D eigenvalue weighted by atomic mass is 10.1. The van der Waals surface area contributed by atoms with Gasteiger partial charge < -0.3 is 14.4 Å². The van der Waals surface area contributed by atoms with Crippen LogP contribution in [-0.2, 0) is 20.7 Å². The Kier molecular flexibility index (Phi) is 5.31. The minimum absolute atomic E-state index is 0.136. The Balaban J connectivity index is 2.03. The smallest absolute Gasteiger partial charge is 0.438 e. The van der Waals surface area contributed by atoms with Crippen LogP contribution in [0.4, 0.5) is 4.79 Å². The largest absolute Gasteiger partial charge is 0.509 e. The predicted molar refractivity (Wildman–Crippen MR) is 78.4 cm³/mol. The first-order chi connectivity index (χ1) is 10.0. The van der Waals surface area contributed by atoms with Gasteiger partial charge in [0.2, 0.25) is 5.91 Å². The molecule has 1 aliphatic rings. The number of benzene rings is 1. The van der Waals surface area contributed by atoms with Crippen LogP contribution in [0.2, 0.25) is 10.0 Å². The fourth-order valence-corrected chi connectivity index (χ4v) is 2.71. The molecule has 0 aromatic heterocycles. The second-order valence-corrected chi connectivity index (χ2v) is 5.51. The van der Waals surface area contributed by atoms with Gasteiger partial charge in [-0.15, -0.1) is 0 Å². The molecule has 1 aliphatic heterocycles. The fourth-order valence-electron chi connectivity index (χ4n) is 2.23. The van der Waals surface area contributed by atoms with E-state index in [2.05, 4.69) is 4.74 Å². The van der Waals surface area contributed by atoms with Gasteiger partial charge in [0.05, 0.1) is 13.5 Å². The molecule has 1 atom stereocenters. The summed E-state index contributed by atoms with van der Waals surface area (Å²) >= 11 is 11.9. The van der Waals surface area contributed by atoms with E-state index in [1.165, 1.54) is 12.0 Å². The van der Waals surface area contributed by atoms with Crippen LogP contribution in [0.1, 0.15) is 18.4 Å². The zero-order valence-electron chi connectivity index (χ0n) is 11.5. The van der Waals surface area contributed by atoms with Crippen molar-refractivity contribution in [3.8, 4) is 0 Å². The van der Waals surface area contributed by atoms with Crippen LogP contribution in [0, 0.1) is 0 Å². The van der Waals surface area contributed by atoms with E-state index < -0.39 is 12.4 Å². The number of methoxy groups -OCH3 is 1. The molecular weight excluding hydrogens is 317 g/mol. The summed E-state index contributed by atoms with van der Waals surface area (Å²) in [6.45, 7) is 0.547. The van der Waals surface area contributed by atoms with Gasteiger partial charge in [-0.1, -0.05) is 29.3 Å². The maximum atomic E-state index is 12.3. The summed E-state index contributed by atoms with van der Waals surface area (Å²) in [6, 6.07) is 5.00. The molecule has 0 spiro atoms. The summed E-state index contributed by atoms with van der Waals surface area (Å²) < 4.78 is 9.53. The molecule has 0 aliphatic carbocycles. The average molecular weight is 332 g/mol. The summed E-state index contributed by atoms with van der Waals surface area (Å²) in [7, 11) is 1.23. The highest BCUT2D eigenvalue weighted by Gasteiger charge is 2.32. The number of likely N-dealkylation sites (tertiary alicyclic amines) is 1. The van der Waals surface area contributed by atoms with Crippen LogP contribution >= 0.6 is 23.2 Å². The minimum atomic E-state index is -0.788. The van der Waals surface area contributed by atoms with Gasteiger partial charge in [0.1, 0.15) is 0 Å². The van der Waals surface area contributed by atoms with Crippen molar-refractivity contribution in [2.24, 2.45) is 0 Å². The lowest BCUT2D eigenvalue weighted by Gasteiger charge is -2.24. The van der Waals surface area contributed by atoms with Gasteiger partial charge in [0, 0.05) is 23.0 Å². The minimum Gasteiger partial charge on any atom is -0.438 e. The van der Waals surface area contributed by atoms with Crippen LogP contribution < -0.4 is 0 Å². The van der Waals surface area contributed by atoms with Crippen LogP contribution in [-0.4, -0.2) is 36.8 Å². The summed E-state index contributed by atoms with van der Waals surface area (Å²) in [5.41, 5.74) is 0.690. The number of halogens is 2. The van der Waals surface area contributed by atoms with Crippen molar-refractivity contribution in [1.29, 1.82) is 0 Å². The number of nitrogens with zero attached hydrogens (tertiary/aromatic N) is 1. The SMILES string of the molecule is COC(=O)OC1CCCN1C(=O)Cc1ccc(Cl)cc1Cl. The number of rotatable bonds is 3. The summed E-state index contributed by atoms with van der Waals surface area (Å²) in [5.74, 6) is -0.148. The summed E-state index contributed by atoms with van der Waals surface area (Å²) in [4.78, 5) is 25.0. The van der Waals surface area contributed by atoms with Crippen LogP contribution in [0.15, 0.2) is 18.2 Å². The molecule has 2 rings (SSSR count). The Morgan fingerprint density at radius 1 is 1.38 bits per heavy atom. The summed E-state index contributed by atoms with van der Waals surface area (Å²) in [5, 5.41) is 0.963. The lowest BCUT2D eigenvalue weighted by Crippen LogP contribution is -2.39. The predicted octanol–water partition coefficient (Wildman–Crippen LogP) is 3.27. The molecule has 0 saturated carbocycles. The molecule has 1 aromatic rings. The average Bonchev–Trinajstić information content (AvgIpc) is 2.90. The lowest BCUT2D eigenvalue weighted by molar-refractivity contribution is -0.138. The maximum absolute atomic E-state index is 12.3. The number of hydrogen-bond donors (Lipinski definition) is 0. The molecule has 1 amide bonds. The van der Waals surface area contributed by atoms with Gasteiger partial charge in [0.15, 0.2) is 6.23 Å². The first kappa shape index (κ1) is 15.9. The highest BCUT2D eigenvalue weighted by Crippen LogP contribution is 2.24. The van der Waals surface area contributed by atoms with E-state index in [-0.39, 0.29) is 12.3 Å². The van der Waals surface area contributed by atoms with Crippen molar-refractivity contribution in [3.05, 3.63) is 33.8 Å². The van der Waals surface area contributed by atoms with Gasteiger partial charge in [-0.25, -0.2) is 4.79 Å². The van der Waals surface area contributed by atoms with E-state index in [9.17, 15) is 9.59 Å². The molecule has 1 aromatic carbocycles. The Morgan fingerprint density at radius 2 is 2.14 bits per heavy atom. The molecule has 1 fully saturated rings. The van der Waals surface area contributed by atoms with Crippen molar-refractivity contribution in [1.82, 2.24) is 4.90 Å². The van der Waals surface area contributed by atoms with Gasteiger partial charge in [-0.2, -0.15) is 0 Å². The zero-order chi connectivity index (χ0) is 15.4. The van der Waals surface area contributed by atoms with E-state index in [1.807, 2.05) is 0 Å². The molecule has 21 heavy (non-hydrogen) atoms. The van der Waals surface area contributed by atoms with Gasteiger partial charge in [0.25, 0.3) is 0 Å². The van der Waals surface area contributed by atoms with E-state index in [1.54, 1.807) is 18.2 Å². The third kappa shape index (κ3) is 4.02. The van der Waals surface area contributed by atoms with Crippen molar-refractivity contribution in [3.63, 3.8) is 0 Å². The fraction of sp³-hybridized carbons (Fsp3) is 0.429. The third-order valence-corrected chi connectivity index (χ3v) is 3.86. The van der Waals surface area contributed by atoms with Crippen LogP contribution in [0.5, 0.6) is 0 Å². The Bertz CT molecular complexity index is 550. The van der Waals surface area contributed by atoms with Crippen molar-refractivity contribution >= 4 is 35.3 Å². The third-order valence-electron chi connectivity index (χ3n) is 3.27. The molecule has 0 N–H and O–H groups in total. The number of carbonyl (C=O) groups excluding carboxylic acids is 2. The number of ether oxygens (including phenoxy) is 2. The van der Waals surface area contributed by atoms with E-state index in [0.717, 1.165) is 6.42 Å². The van der Waals surface area contributed by atoms with E-state index in [0.29, 0.717) is 28.6 Å². The molecule has 1 unspecified atom stereocenters. The highest BCUT2D eigenvalue weighted by atomic mass is 35.5. The Hall–Kier alpha value is -1.46. The quantitative estimate of drug-likeness (QED) is 0.797. The van der Waals surface area contributed by atoms with Crippen LogP contribution in [0.3, 0.4) is 0 Å². The molecule has 1 saturated heterocycles. The molecule has 114 valence electrons. The number of carbonyl (C=O) groups is 2. The van der Waals surface area contributed by atoms with Gasteiger partial charge >= 0.3 is 6.16 Å². The van der Waals surface area contributed by atoms with Crippen molar-refractivity contribution in [2.75, 3.05) is 13.7 Å². The first-order valence-electron chi connectivity index (χ1n) is 6.49. The van der Waals surface area contributed by atoms with Gasteiger partial charge in [-0.3, -0.25) is 4.79 Å². The standard InChI is InChI=1S/C14H15Cl2NO4/c1-20-14(19)21-13-3-2-6-17(13)12(18)7-9-4-5-10(15)8-11(9)16/h4-5,8,13H,2-3,6-7H2,1H3. The molecule has 7 heteroatoms. The second kappa shape index (κ2) is 7.00. The highest BCUT2D eigenvalue weighted by molar-refractivity contribution is 6.35. The van der Waals surface area contributed by atoms with E-state index in [4.69, 9.17) is 27.9 Å². The molecule has 0 radical (unpaired) electrons. The molecule has 0 bridgehead atoms. The van der Waals surface area contributed by atoms with Crippen molar-refractivity contribution in [2.45, 2.75) is 25.5 Å². The first-order valence-corrected chi connectivity index (χ1v) is 7.25. The van der Waals surface area contributed by atoms with E-state index >= 15 is 0 Å². The monoisotopic (exact) mass is 331 g/mol. The Morgan fingerprint density at radius 3 is 2.81 bits per heavy atom. The zero-order valence-corrected chi connectivity index (χ0v) is 13.0. The topological polar surface area (TPSA) is 55.8 Å². The number of hydrogen-bond acceptors (Lipinski definition) is 4. The normalized spacial score (nSPS) is 17.7. The number of amides is 1. The maximum Gasteiger partial charge on any atom is 0.509 e. The molecule has 5 nitrogen and oxygen atoms in total. The second-order valence-electron chi connectivity index (χ2n) is 4.67. The molecular formula is C14H15Cl2NO4. The molecule has 1 heterocycles. The van der Waals surface area contributed by atoms with Crippen molar-refractivity contribution < 1.29 is 19.1 Å². The Labute approximate surface area is 132 Å². The van der Waals surface area contributed by atoms with Crippen LogP contribution in [0.25, 0.3) is 0 Å². The summed E-state index contributed by atoms with van der Waals surface area (Å²) in [6.07, 6.45) is 0.161. The van der Waals surface area contributed by atoms with Gasteiger partial charge in [-0.05, 0) is 24.1 Å².